The zero-order valence-corrected chi connectivity index (χ0v) is 12.2. The van der Waals surface area contributed by atoms with Crippen molar-refractivity contribution in [2.75, 3.05) is 19.7 Å². The lowest BCUT2D eigenvalue weighted by Gasteiger charge is -2.35. The van der Waals surface area contributed by atoms with Gasteiger partial charge in [-0.3, -0.25) is 9.59 Å². The van der Waals surface area contributed by atoms with Gasteiger partial charge in [0.1, 0.15) is 0 Å². The van der Waals surface area contributed by atoms with Crippen LogP contribution in [0.25, 0.3) is 0 Å². The van der Waals surface area contributed by atoms with Crippen LogP contribution in [0, 0.1) is 12.8 Å². The van der Waals surface area contributed by atoms with Crippen molar-refractivity contribution in [3.05, 3.63) is 34.2 Å². The number of aliphatic hydroxyl groups is 2. The van der Waals surface area contributed by atoms with Gasteiger partial charge < -0.3 is 19.7 Å². The van der Waals surface area contributed by atoms with Crippen molar-refractivity contribution in [3.63, 3.8) is 0 Å². The topological polar surface area (TPSA) is 82.8 Å². The number of piperidine rings is 1. The average Bonchev–Trinajstić information content (AvgIpc) is 2.46. The first-order chi connectivity index (χ1) is 10.0. The number of carbonyl (C=O) groups excluding carboxylic acids is 1. The molecule has 2 atom stereocenters. The Morgan fingerprint density at radius 2 is 2.19 bits per heavy atom. The van der Waals surface area contributed by atoms with Crippen LogP contribution in [-0.2, 0) is 11.3 Å². The number of hydrogen-bond acceptors (Lipinski definition) is 4. The van der Waals surface area contributed by atoms with Crippen LogP contribution in [0.3, 0.4) is 0 Å². The number of likely N-dealkylation sites (tertiary alicyclic amines) is 1. The van der Waals surface area contributed by atoms with Gasteiger partial charge in [0.15, 0.2) is 0 Å². The second-order valence-corrected chi connectivity index (χ2v) is 5.55. The smallest absolute Gasteiger partial charge is 0.250 e. The Balaban J connectivity index is 1.92. The van der Waals surface area contributed by atoms with Crippen LogP contribution in [0.5, 0.6) is 0 Å². The molecular formula is C15H22N2O4. The van der Waals surface area contributed by atoms with E-state index in [0.717, 1.165) is 5.69 Å². The fraction of sp³-hybridized carbons (Fsp3) is 0.600. The Kier molecular flexibility index (Phi) is 5.14. The third kappa shape index (κ3) is 3.71. The Labute approximate surface area is 123 Å². The number of carbonyl (C=O) groups is 1. The molecule has 1 aliphatic rings. The van der Waals surface area contributed by atoms with Gasteiger partial charge in [0.25, 0.3) is 5.56 Å². The predicted octanol–water partition coefficient (Wildman–Crippen LogP) is -0.251. The van der Waals surface area contributed by atoms with Crippen molar-refractivity contribution in [2.45, 2.75) is 32.4 Å². The molecule has 1 aromatic heterocycles. The molecule has 1 aliphatic heterocycles. The highest BCUT2D eigenvalue weighted by atomic mass is 16.3. The predicted molar refractivity (Wildman–Crippen MR) is 77.8 cm³/mol. The fourth-order valence-corrected chi connectivity index (χ4v) is 2.70. The summed E-state index contributed by atoms with van der Waals surface area (Å²) < 4.78 is 1.58. The van der Waals surface area contributed by atoms with Crippen LogP contribution in [0.2, 0.25) is 0 Å². The van der Waals surface area contributed by atoms with E-state index in [2.05, 4.69) is 0 Å². The second-order valence-electron chi connectivity index (χ2n) is 5.55. The van der Waals surface area contributed by atoms with Gasteiger partial charge in [-0.1, -0.05) is 6.07 Å². The first kappa shape index (κ1) is 15.7. The summed E-state index contributed by atoms with van der Waals surface area (Å²) in [5.74, 6) is -0.214. The number of aliphatic hydroxyl groups excluding tert-OH is 2. The molecule has 116 valence electrons. The molecule has 6 nitrogen and oxygen atoms in total. The van der Waals surface area contributed by atoms with Crippen molar-refractivity contribution in [1.29, 1.82) is 0 Å². The molecule has 0 aliphatic carbocycles. The number of aromatic nitrogens is 1. The average molecular weight is 294 g/mol. The van der Waals surface area contributed by atoms with E-state index < -0.39 is 6.10 Å². The van der Waals surface area contributed by atoms with E-state index >= 15 is 0 Å². The lowest BCUT2D eigenvalue weighted by atomic mass is 9.94. The van der Waals surface area contributed by atoms with Crippen LogP contribution in [0.4, 0.5) is 0 Å². The summed E-state index contributed by atoms with van der Waals surface area (Å²) in [6, 6.07) is 5.02. The first-order valence-corrected chi connectivity index (χ1v) is 7.26. The number of amides is 1. The van der Waals surface area contributed by atoms with Crippen LogP contribution in [0.15, 0.2) is 23.0 Å². The van der Waals surface area contributed by atoms with Gasteiger partial charge in [-0.2, -0.15) is 0 Å². The van der Waals surface area contributed by atoms with Gasteiger partial charge in [-0.15, -0.1) is 0 Å². The third-order valence-electron chi connectivity index (χ3n) is 4.13. The Morgan fingerprint density at radius 1 is 1.43 bits per heavy atom. The SMILES string of the molecule is Cc1cccc(=O)n1CCC(=O)N1CC[C@H](CO)[C@@H](O)C1. The summed E-state index contributed by atoms with van der Waals surface area (Å²) in [7, 11) is 0. The van der Waals surface area contributed by atoms with E-state index in [1.54, 1.807) is 15.5 Å². The number of aryl methyl sites for hydroxylation is 1. The molecule has 0 aromatic carbocycles. The highest BCUT2D eigenvalue weighted by molar-refractivity contribution is 5.76. The van der Waals surface area contributed by atoms with Crippen molar-refractivity contribution >= 4 is 5.91 Å². The lowest BCUT2D eigenvalue weighted by molar-refractivity contribution is -0.136. The lowest BCUT2D eigenvalue weighted by Crippen LogP contribution is -2.47. The monoisotopic (exact) mass is 294 g/mol. The van der Waals surface area contributed by atoms with E-state index in [1.165, 1.54) is 6.07 Å². The molecule has 2 N–H and O–H groups in total. The van der Waals surface area contributed by atoms with Crippen molar-refractivity contribution in [1.82, 2.24) is 9.47 Å². The molecule has 0 saturated carbocycles. The highest BCUT2D eigenvalue weighted by Crippen LogP contribution is 2.18. The zero-order chi connectivity index (χ0) is 15.4. The second kappa shape index (κ2) is 6.87. The maximum absolute atomic E-state index is 12.2. The molecule has 0 radical (unpaired) electrons. The van der Waals surface area contributed by atoms with Gasteiger partial charge in [-0.25, -0.2) is 0 Å². The number of rotatable bonds is 4. The molecule has 21 heavy (non-hydrogen) atoms. The zero-order valence-electron chi connectivity index (χ0n) is 12.2. The van der Waals surface area contributed by atoms with Gasteiger partial charge in [0.05, 0.1) is 6.10 Å². The third-order valence-corrected chi connectivity index (χ3v) is 4.13. The summed E-state index contributed by atoms with van der Waals surface area (Å²) in [6.45, 7) is 2.93. The molecule has 0 unspecified atom stereocenters. The maximum atomic E-state index is 12.2. The van der Waals surface area contributed by atoms with E-state index in [1.807, 2.05) is 13.0 Å². The molecule has 0 spiro atoms. The van der Waals surface area contributed by atoms with Gasteiger partial charge in [0, 0.05) is 50.3 Å². The number of pyridine rings is 1. The summed E-state index contributed by atoms with van der Waals surface area (Å²) in [5.41, 5.74) is 0.719. The van der Waals surface area contributed by atoms with Crippen LogP contribution >= 0.6 is 0 Å². The van der Waals surface area contributed by atoms with Crippen LogP contribution < -0.4 is 5.56 Å². The van der Waals surface area contributed by atoms with E-state index in [0.29, 0.717) is 19.5 Å². The van der Waals surface area contributed by atoms with E-state index in [4.69, 9.17) is 5.11 Å². The van der Waals surface area contributed by atoms with Gasteiger partial charge >= 0.3 is 0 Å². The van der Waals surface area contributed by atoms with Crippen molar-refractivity contribution in [3.8, 4) is 0 Å². The van der Waals surface area contributed by atoms with E-state index in [-0.39, 0.29) is 37.0 Å². The standard InChI is InChI=1S/C15H22N2O4/c1-11-3-2-4-15(21)17(11)8-6-14(20)16-7-5-12(10-18)13(19)9-16/h2-4,12-13,18-19H,5-10H2,1H3/t12-,13+/m1/s1. The molecule has 1 saturated heterocycles. The Hall–Kier alpha value is -1.66. The summed E-state index contributed by atoms with van der Waals surface area (Å²) in [5, 5.41) is 19.0. The Bertz CT molecular complexity index is 555. The van der Waals surface area contributed by atoms with E-state index in [9.17, 15) is 14.7 Å². The van der Waals surface area contributed by atoms with Gasteiger partial charge in [-0.05, 0) is 19.4 Å². The largest absolute Gasteiger partial charge is 0.396 e. The quantitative estimate of drug-likeness (QED) is 0.802. The van der Waals surface area contributed by atoms with Gasteiger partial charge in [0.2, 0.25) is 5.91 Å². The molecule has 1 amide bonds. The summed E-state index contributed by atoms with van der Waals surface area (Å²) in [4.78, 5) is 25.5. The summed E-state index contributed by atoms with van der Waals surface area (Å²) in [6.07, 6.45) is 0.170. The molecule has 0 bridgehead atoms. The molecule has 1 aromatic rings. The first-order valence-electron chi connectivity index (χ1n) is 7.26. The molecule has 2 heterocycles. The fourth-order valence-electron chi connectivity index (χ4n) is 2.70. The molecule has 1 fully saturated rings. The van der Waals surface area contributed by atoms with Crippen molar-refractivity contribution in [2.24, 2.45) is 5.92 Å². The minimum atomic E-state index is -0.672. The molecule has 2 rings (SSSR count). The van der Waals surface area contributed by atoms with Crippen LogP contribution in [-0.4, -0.2) is 51.4 Å². The minimum absolute atomic E-state index is 0.0538. The minimum Gasteiger partial charge on any atom is -0.396 e. The number of hydrogen-bond donors (Lipinski definition) is 2. The van der Waals surface area contributed by atoms with Crippen LogP contribution in [0.1, 0.15) is 18.5 Å². The highest BCUT2D eigenvalue weighted by Gasteiger charge is 2.29. The normalized spacial score (nSPS) is 22.3. The summed E-state index contributed by atoms with van der Waals surface area (Å²) >= 11 is 0. The molecular weight excluding hydrogens is 272 g/mol. The number of β-amino-alcohol motifs (C(OH)–C–C–N with tert-alkyl or cyclic N) is 1. The molecule has 6 heteroatoms. The van der Waals surface area contributed by atoms with Crippen molar-refractivity contribution < 1.29 is 15.0 Å². The number of nitrogens with zero attached hydrogens (tertiary/aromatic N) is 2. The maximum Gasteiger partial charge on any atom is 0.250 e. The Morgan fingerprint density at radius 3 is 2.81 bits per heavy atom.